The topological polar surface area (TPSA) is 80.0 Å². The maximum Gasteiger partial charge on any atom is 0.198 e. The van der Waals surface area contributed by atoms with Crippen LogP contribution >= 0.6 is 0 Å². The number of aromatic nitrogens is 2. The zero-order valence-corrected chi connectivity index (χ0v) is 11.2. The number of hydrogen-bond acceptors (Lipinski definition) is 6. The maximum absolute atomic E-state index is 10.9. The highest BCUT2D eigenvalue weighted by atomic mass is 16.4. The molecule has 0 saturated heterocycles. The van der Waals surface area contributed by atoms with Crippen LogP contribution in [0.15, 0.2) is 22.6 Å². The fourth-order valence-electron chi connectivity index (χ4n) is 1.57. The van der Waals surface area contributed by atoms with E-state index in [1.54, 1.807) is 13.0 Å². The molecule has 0 aliphatic carbocycles. The second-order valence-electron chi connectivity index (χ2n) is 4.28. The Balaban J connectivity index is 2.14. The van der Waals surface area contributed by atoms with Crippen molar-refractivity contribution in [2.75, 3.05) is 17.2 Å². The van der Waals surface area contributed by atoms with Gasteiger partial charge in [0, 0.05) is 12.1 Å². The van der Waals surface area contributed by atoms with Crippen LogP contribution in [0.5, 0.6) is 0 Å². The Morgan fingerprint density at radius 1 is 1.26 bits per heavy atom. The number of ketones is 1. The maximum atomic E-state index is 10.9. The number of nitrogens with zero attached hydrogens (tertiary/aromatic N) is 2. The molecular weight excluding hydrogens is 244 g/mol. The van der Waals surface area contributed by atoms with Crippen LogP contribution in [0.1, 0.15) is 18.5 Å². The van der Waals surface area contributed by atoms with Gasteiger partial charge in [0.15, 0.2) is 5.88 Å². The lowest BCUT2D eigenvalue weighted by molar-refractivity contribution is -0.115. The molecule has 0 bridgehead atoms. The Hall–Kier alpha value is -2.37. The van der Waals surface area contributed by atoms with Crippen molar-refractivity contribution in [3.05, 3.63) is 29.8 Å². The van der Waals surface area contributed by atoms with Gasteiger partial charge in [-0.15, -0.1) is 0 Å². The summed E-state index contributed by atoms with van der Waals surface area (Å²) in [6.45, 7) is 5.43. The van der Waals surface area contributed by atoms with Gasteiger partial charge in [-0.2, -0.15) is 0 Å². The third kappa shape index (κ3) is 3.80. The van der Waals surface area contributed by atoms with Crippen LogP contribution in [0.4, 0.5) is 17.5 Å². The highest BCUT2D eigenvalue weighted by Gasteiger charge is 2.05. The summed E-state index contributed by atoms with van der Waals surface area (Å²) in [6, 6.07) is 5.43. The van der Waals surface area contributed by atoms with E-state index in [9.17, 15) is 4.79 Å². The van der Waals surface area contributed by atoms with Gasteiger partial charge in [-0.25, -0.2) is 9.97 Å². The molecule has 0 radical (unpaired) electrons. The predicted molar refractivity (Wildman–Crippen MR) is 72.7 cm³/mol. The lowest BCUT2D eigenvalue weighted by atomic mass is 10.4. The number of hydrogen-bond donors (Lipinski definition) is 2. The van der Waals surface area contributed by atoms with E-state index in [1.807, 2.05) is 19.1 Å². The van der Waals surface area contributed by atoms with Crippen LogP contribution in [0.2, 0.25) is 0 Å². The van der Waals surface area contributed by atoms with Crippen molar-refractivity contribution in [3.63, 3.8) is 0 Å². The molecule has 0 saturated carbocycles. The van der Waals surface area contributed by atoms with E-state index in [4.69, 9.17) is 4.42 Å². The van der Waals surface area contributed by atoms with Crippen molar-refractivity contribution >= 4 is 23.3 Å². The highest BCUT2D eigenvalue weighted by molar-refractivity contribution is 5.80. The summed E-state index contributed by atoms with van der Waals surface area (Å²) >= 11 is 0. The monoisotopic (exact) mass is 260 g/mol. The molecule has 100 valence electrons. The minimum absolute atomic E-state index is 0.0485. The number of nitrogens with one attached hydrogen (secondary N) is 2. The van der Waals surface area contributed by atoms with Crippen LogP contribution in [-0.2, 0) is 4.79 Å². The summed E-state index contributed by atoms with van der Waals surface area (Å²) in [4.78, 5) is 19.4. The van der Waals surface area contributed by atoms with Gasteiger partial charge in [-0.1, -0.05) is 0 Å². The molecule has 0 fully saturated rings. The number of carbonyl (C=O) groups is 1. The van der Waals surface area contributed by atoms with E-state index < -0.39 is 0 Å². The highest BCUT2D eigenvalue weighted by Crippen LogP contribution is 2.19. The molecule has 2 N–H and O–H groups in total. The first kappa shape index (κ1) is 13.1. The molecule has 0 aliphatic heterocycles. The fourth-order valence-corrected chi connectivity index (χ4v) is 1.57. The van der Waals surface area contributed by atoms with Crippen molar-refractivity contribution in [2.24, 2.45) is 0 Å². The number of Topliss-reactive ketones (excluding diaryl/α,β-unsaturated/α-hetero) is 1. The number of anilines is 3. The van der Waals surface area contributed by atoms with E-state index in [0.29, 0.717) is 23.3 Å². The number of furan rings is 1. The standard InChI is InChI=1S/C13H16N4O2/c1-8(18)7-14-11-6-12(16-10(3)15-11)17-13-5-4-9(2)19-13/h4-6H,7H2,1-3H3,(H2,14,15,16,17). The predicted octanol–water partition coefficient (Wildman–Crippen LogP) is 2.43. The Morgan fingerprint density at radius 3 is 2.63 bits per heavy atom. The molecule has 2 rings (SSSR count). The molecule has 6 heteroatoms. The number of rotatable bonds is 5. The van der Waals surface area contributed by atoms with E-state index in [1.165, 1.54) is 6.92 Å². The molecule has 0 atom stereocenters. The van der Waals surface area contributed by atoms with Crippen molar-refractivity contribution in [3.8, 4) is 0 Å². The average molecular weight is 260 g/mol. The molecule has 6 nitrogen and oxygen atoms in total. The van der Waals surface area contributed by atoms with Gasteiger partial charge in [0.25, 0.3) is 0 Å². The number of carbonyl (C=O) groups excluding carboxylic acids is 1. The summed E-state index contributed by atoms with van der Waals surface area (Å²) < 4.78 is 5.42. The van der Waals surface area contributed by atoms with Gasteiger partial charge in [0.05, 0.1) is 6.54 Å². The molecule has 0 spiro atoms. The SMILES string of the molecule is CC(=O)CNc1cc(Nc2ccc(C)o2)nc(C)n1. The van der Waals surface area contributed by atoms with Gasteiger partial charge >= 0.3 is 0 Å². The molecule has 2 aromatic rings. The van der Waals surface area contributed by atoms with Crippen molar-refractivity contribution in [1.82, 2.24) is 9.97 Å². The number of aryl methyl sites for hydroxylation is 2. The van der Waals surface area contributed by atoms with Crippen LogP contribution in [0.3, 0.4) is 0 Å². The van der Waals surface area contributed by atoms with Crippen molar-refractivity contribution in [2.45, 2.75) is 20.8 Å². The lowest BCUT2D eigenvalue weighted by Gasteiger charge is -2.07. The summed E-state index contributed by atoms with van der Waals surface area (Å²) in [5, 5.41) is 6.00. The van der Waals surface area contributed by atoms with E-state index in [0.717, 1.165) is 5.76 Å². The van der Waals surface area contributed by atoms with Gasteiger partial charge in [-0.05, 0) is 26.8 Å². The van der Waals surface area contributed by atoms with Gasteiger partial charge < -0.3 is 15.1 Å². The largest absolute Gasteiger partial charge is 0.446 e. The Kier molecular flexibility index (Phi) is 3.79. The molecule has 2 heterocycles. The summed E-state index contributed by atoms with van der Waals surface area (Å²) in [5.41, 5.74) is 0. The van der Waals surface area contributed by atoms with E-state index in [2.05, 4.69) is 20.6 Å². The summed E-state index contributed by atoms with van der Waals surface area (Å²) in [5.74, 6) is 3.32. The van der Waals surface area contributed by atoms with Crippen LogP contribution < -0.4 is 10.6 Å². The van der Waals surface area contributed by atoms with Crippen molar-refractivity contribution < 1.29 is 9.21 Å². The van der Waals surface area contributed by atoms with E-state index in [-0.39, 0.29) is 12.3 Å². The molecule has 0 amide bonds. The summed E-state index contributed by atoms with van der Waals surface area (Å²) in [6.07, 6.45) is 0. The minimum Gasteiger partial charge on any atom is -0.446 e. The third-order valence-corrected chi connectivity index (χ3v) is 2.35. The van der Waals surface area contributed by atoms with Crippen LogP contribution in [-0.4, -0.2) is 22.3 Å². The lowest BCUT2D eigenvalue weighted by Crippen LogP contribution is -2.12. The smallest absolute Gasteiger partial charge is 0.198 e. The Labute approximate surface area is 111 Å². The van der Waals surface area contributed by atoms with Gasteiger partial charge in [0.2, 0.25) is 0 Å². The Bertz CT molecular complexity index is 592. The average Bonchev–Trinajstić information content (AvgIpc) is 2.71. The first-order valence-corrected chi connectivity index (χ1v) is 5.95. The van der Waals surface area contributed by atoms with Crippen LogP contribution in [0, 0.1) is 13.8 Å². The fraction of sp³-hybridized carbons (Fsp3) is 0.308. The second-order valence-corrected chi connectivity index (χ2v) is 4.28. The normalized spacial score (nSPS) is 10.3. The molecular formula is C13H16N4O2. The van der Waals surface area contributed by atoms with E-state index >= 15 is 0 Å². The molecule has 0 unspecified atom stereocenters. The quantitative estimate of drug-likeness (QED) is 0.859. The van der Waals surface area contributed by atoms with Crippen molar-refractivity contribution in [1.29, 1.82) is 0 Å². The molecule has 0 aromatic carbocycles. The summed E-state index contributed by atoms with van der Waals surface area (Å²) in [7, 11) is 0. The molecule has 0 aliphatic rings. The minimum atomic E-state index is 0.0485. The zero-order valence-electron chi connectivity index (χ0n) is 11.2. The van der Waals surface area contributed by atoms with Crippen LogP contribution in [0.25, 0.3) is 0 Å². The first-order valence-electron chi connectivity index (χ1n) is 5.95. The van der Waals surface area contributed by atoms with Gasteiger partial charge in [0.1, 0.15) is 29.0 Å². The molecule has 2 aromatic heterocycles. The Morgan fingerprint density at radius 2 is 2.00 bits per heavy atom. The molecule has 19 heavy (non-hydrogen) atoms. The third-order valence-electron chi connectivity index (χ3n) is 2.35. The first-order chi connectivity index (χ1) is 9.02. The second kappa shape index (κ2) is 5.51. The zero-order chi connectivity index (χ0) is 13.8. The van der Waals surface area contributed by atoms with Gasteiger partial charge in [-0.3, -0.25) is 4.79 Å².